The van der Waals surface area contributed by atoms with Crippen LogP contribution in [0.15, 0.2) is 18.2 Å². The monoisotopic (exact) mass is 235 g/mol. The smallest absolute Gasteiger partial charge is 0.257 e. The van der Waals surface area contributed by atoms with Crippen molar-refractivity contribution in [2.75, 3.05) is 6.54 Å². The van der Waals surface area contributed by atoms with Crippen molar-refractivity contribution in [1.29, 1.82) is 0 Å². The van der Waals surface area contributed by atoms with Crippen LogP contribution in [-0.2, 0) is 0 Å². The first kappa shape index (κ1) is 13.0. The van der Waals surface area contributed by atoms with Gasteiger partial charge < -0.3 is 5.32 Å². The molecule has 0 saturated carbocycles. The highest BCUT2D eigenvalue weighted by molar-refractivity contribution is 5.23. The van der Waals surface area contributed by atoms with Gasteiger partial charge in [-0.25, -0.2) is 17.6 Å². The lowest BCUT2D eigenvalue weighted by Gasteiger charge is -2.18. The Bertz CT molecular complexity index is 341. The van der Waals surface area contributed by atoms with Crippen molar-refractivity contribution in [2.45, 2.75) is 25.8 Å². The number of hydrogen-bond donors (Lipinski definition) is 1. The van der Waals surface area contributed by atoms with Gasteiger partial charge in [-0.15, -0.1) is 0 Å². The summed E-state index contributed by atoms with van der Waals surface area (Å²) in [5.41, 5.74) is -0.330. The van der Waals surface area contributed by atoms with Gasteiger partial charge in [0, 0.05) is 5.56 Å². The van der Waals surface area contributed by atoms with Gasteiger partial charge in [0.05, 0.1) is 6.04 Å². The second-order valence-electron chi connectivity index (χ2n) is 3.43. The highest BCUT2D eigenvalue weighted by Gasteiger charge is 2.24. The topological polar surface area (TPSA) is 12.0 Å². The molecule has 1 aromatic carbocycles. The highest BCUT2D eigenvalue weighted by atomic mass is 19.3. The van der Waals surface area contributed by atoms with E-state index in [1.54, 1.807) is 6.92 Å². The standard InChI is InChI=1S/C11H13F4N/c1-2-5-16-10(11(14)15)8-6-7(12)3-4-9(8)13/h3-4,6,10-11,16H,2,5H2,1H3. The SMILES string of the molecule is CCCNC(c1cc(F)ccc1F)C(F)F. The third-order valence-corrected chi connectivity index (χ3v) is 2.16. The van der Waals surface area contributed by atoms with Crippen LogP contribution in [0.5, 0.6) is 0 Å². The summed E-state index contributed by atoms with van der Waals surface area (Å²) in [6.45, 7) is 2.13. The number of hydrogen-bond acceptors (Lipinski definition) is 1. The molecule has 0 saturated heterocycles. The molecule has 1 aromatic rings. The van der Waals surface area contributed by atoms with Gasteiger partial charge in [0.15, 0.2) is 0 Å². The van der Waals surface area contributed by atoms with E-state index < -0.39 is 24.1 Å². The maximum Gasteiger partial charge on any atom is 0.257 e. The Morgan fingerprint density at radius 1 is 1.25 bits per heavy atom. The minimum Gasteiger partial charge on any atom is -0.305 e. The molecule has 0 fully saturated rings. The second-order valence-corrected chi connectivity index (χ2v) is 3.43. The van der Waals surface area contributed by atoms with Crippen LogP contribution in [0.3, 0.4) is 0 Å². The Kier molecular flexibility index (Phi) is 4.73. The first-order valence-electron chi connectivity index (χ1n) is 5.02. The van der Waals surface area contributed by atoms with Crippen molar-refractivity contribution < 1.29 is 17.6 Å². The molecule has 1 nitrogen and oxygen atoms in total. The highest BCUT2D eigenvalue weighted by Crippen LogP contribution is 2.24. The zero-order valence-corrected chi connectivity index (χ0v) is 8.81. The maximum absolute atomic E-state index is 13.3. The molecule has 0 spiro atoms. The van der Waals surface area contributed by atoms with Crippen LogP contribution in [0.1, 0.15) is 24.9 Å². The molecule has 1 rings (SSSR count). The van der Waals surface area contributed by atoms with Gasteiger partial charge >= 0.3 is 0 Å². The Hall–Kier alpha value is -1.10. The first-order valence-corrected chi connectivity index (χ1v) is 5.02. The van der Waals surface area contributed by atoms with Gasteiger partial charge in [0.2, 0.25) is 0 Å². The summed E-state index contributed by atoms with van der Waals surface area (Å²) in [6, 6.07) is 1.10. The molecule has 0 aromatic heterocycles. The predicted octanol–water partition coefficient (Wildman–Crippen LogP) is 3.27. The van der Waals surface area contributed by atoms with Crippen LogP contribution < -0.4 is 5.32 Å². The summed E-state index contributed by atoms with van der Waals surface area (Å²) in [7, 11) is 0. The summed E-state index contributed by atoms with van der Waals surface area (Å²) < 4.78 is 51.5. The molecular formula is C11H13F4N. The van der Waals surface area contributed by atoms with Crippen LogP contribution in [0.25, 0.3) is 0 Å². The molecule has 0 bridgehead atoms. The third kappa shape index (κ3) is 3.20. The average Bonchev–Trinajstić information content (AvgIpc) is 2.23. The molecule has 90 valence electrons. The number of nitrogens with one attached hydrogen (secondary N) is 1. The number of halogens is 4. The number of alkyl halides is 2. The number of benzene rings is 1. The molecule has 16 heavy (non-hydrogen) atoms. The zero-order valence-electron chi connectivity index (χ0n) is 8.81. The van der Waals surface area contributed by atoms with E-state index in [0.29, 0.717) is 13.0 Å². The maximum atomic E-state index is 13.3. The minimum absolute atomic E-state index is 0.324. The molecule has 1 atom stereocenters. The molecule has 5 heteroatoms. The van der Waals surface area contributed by atoms with Gasteiger partial charge in [-0.3, -0.25) is 0 Å². The average molecular weight is 235 g/mol. The van der Waals surface area contributed by atoms with Crippen molar-refractivity contribution in [3.8, 4) is 0 Å². The van der Waals surface area contributed by atoms with Crippen molar-refractivity contribution in [1.82, 2.24) is 5.32 Å². The molecule has 0 heterocycles. The third-order valence-electron chi connectivity index (χ3n) is 2.16. The lowest BCUT2D eigenvalue weighted by Crippen LogP contribution is -2.29. The summed E-state index contributed by atoms with van der Waals surface area (Å²) in [6.07, 6.45) is -2.14. The van der Waals surface area contributed by atoms with Gasteiger partial charge in [0.25, 0.3) is 6.43 Å². The van der Waals surface area contributed by atoms with Gasteiger partial charge in [-0.05, 0) is 31.2 Å². The molecule has 0 aliphatic rings. The van der Waals surface area contributed by atoms with Crippen molar-refractivity contribution in [3.63, 3.8) is 0 Å². The van der Waals surface area contributed by atoms with E-state index in [-0.39, 0.29) is 5.56 Å². The van der Waals surface area contributed by atoms with E-state index in [2.05, 4.69) is 5.32 Å². The van der Waals surface area contributed by atoms with E-state index in [0.717, 1.165) is 18.2 Å². The van der Waals surface area contributed by atoms with Gasteiger partial charge in [0.1, 0.15) is 11.6 Å². The molecular weight excluding hydrogens is 222 g/mol. The van der Waals surface area contributed by atoms with Gasteiger partial charge in [-0.1, -0.05) is 6.92 Å². The Morgan fingerprint density at radius 3 is 2.50 bits per heavy atom. The quantitative estimate of drug-likeness (QED) is 0.772. The summed E-state index contributed by atoms with van der Waals surface area (Å²) in [5.74, 6) is -1.55. The van der Waals surface area contributed by atoms with E-state index in [9.17, 15) is 17.6 Å². The molecule has 1 N–H and O–H groups in total. The fraction of sp³-hybridized carbons (Fsp3) is 0.455. The van der Waals surface area contributed by atoms with E-state index in [1.807, 2.05) is 0 Å². The Morgan fingerprint density at radius 2 is 1.94 bits per heavy atom. The van der Waals surface area contributed by atoms with Crippen LogP contribution in [-0.4, -0.2) is 13.0 Å². The molecule has 0 amide bonds. The lowest BCUT2D eigenvalue weighted by atomic mass is 10.1. The molecule has 1 unspecified atom stereocenters. The van der Waals surface area contributed by atoms with Crippen LogP contribution in [0, 0.1) is 11.6 Å². The largest absolute Gasteiger partial charge is 0.305 e. The van der Waals surface area contributed by atoms with Gasteiger partial charge in [-0.2, -0.15) is 0 Å². The zero-order chi connectivity index (χ0) is 12.1. The lowest BCUT2D eigenvalue weighted by molar-refractivity contribution is 0.0966. The number of rotatable bonds is 5. The summed E-state index contributed by atoms with van der Waals surface area (Å²) in [5, 5.41) is 2.50. The predicted molar refractivity (Wildman–Crippen MR) is 53.4 cm³/mol. The summed E-state index contributed by atoms with van der Waals surface area (Å²) in [4.78, 5) is 0. The normalized spacial score (nSPS) is 13.1. The fourth-order valence-corrected chi connectivity index (χ4v) is 1.39. The molecule has 0 radical (unpaired) electrons. The second kappa shape index (κ2) is 5.84. The van der Waals surface area contributed by atoms with Crippen molar-refractivity contribution in [2.24, 2.45) is 0 Å². The Balaban J connectivity index is 2.95. The van der Waals surface area contributed by atoms with Crippen molar-refractivity contribution >= 4 is 0 Å². The van der Waals surface area contributed by atoms with E-state index >= 15 is 0 Å². The van der Waals surface area contributed by atoms with Crippen LogP contribution in [0.2, 0.25) is 0 Å². The van der Waals surface area contributed by atoms with Crippen molar-refractivity contribution in [3.05, 3.63) is 35.4 Å². The first-order chi connectivity index (χ1) is 7.56. The van der Waals surface area contributed by atoms with Crippen LogP contribution >= 0.6 is 0 Å². The fourth-order valence-electron chi connectivity index (χ4n) is 1.39. The molecule has 0 aliphatic carbocycles. The minimum atomic E-state index is -2.78. The van der Waals surface area contributed by atoms with E-state index in [1.165, 1.54) is 0 Å². The van der Waals surface area contributed by atoms with Crippen LogP contribution in [0.4, 0.5) is 17.6 Å². The molecule has 0 aliphatic heterocycles. The van der Waals surface area contributed by atoms with E-state index in [4.69, 9.17) is 0 Å². The Labute approximate surface area is 91.5 Å². The summed E-state index contributed by atoms with van der Waals surface area (Å²) >= 11 is 0.